The van der Waals surface area contributed by atoms with Gasteiger partial charge in [0.25, 0.3) is 5.91 Å². The molecule has 0 aliphatic carbocycles. The van der Waals surface area contributed by atoms with E-state index >= 15 is 0 Å². The van der Waals surface area contributed by atoms with Crippen LogP contribution in [0.25, 0.3) is 0 Å². The number of nitrogens with one attached hydrogen (secondary N) is 1. The number of aryl methyl sites for hydroxylation is 2. The van der Waals surface area contributed by atoms with Gasteiger partial charge >= 0.3 is 0 Å². The van der Waals surface area contributed by atoms with E-state index in [1.54, 1.807) is 18.3 Å². The zero-order valence-electron chi connectivity index (χ0n) is 11.4. The topological polar surface area (TPSA) is 61.7 Å². The lowest BCUT2D eigenvalue weighted by atomic mass is 10.1. The van der Waals surface area contributed by atoms with Gasteiger partial charge in [0.1, 0.15) is 5.75 Å². The lowest BCUT2D eigenvalue weighted by molar-refractivity contribution is 0.0952. The van der Waals surface area contributed by atoms with Crippen molar-refractivity contribution in [3.63, 3.8) is 0 Å². The predicted molar refractivity (Wildman–Crippen MR) is 79.1 cm³/mol. The molecule has 0 aliphatic heterocycles. The molecule has 2 aromatic carbocycles. The van der Waals surface area contributed by atoms with Gasteiger partial charge in [0.15, 0.2) is 0 Å². The molecule has 2 rings (SSSR count). The number of amides is 1. The molecule has 0 atom stereocenters. The normalized spacial score (nSPS) is 10.7. The van der Waals surface area contributed by atoms with Crippen molar-refractivity contribution in [3.05, 3.63) is 64.7 Å². The van der Waals surface area contributed by atoms with Gasteiger partial charge in [0, 0.05) is 0 Å². The number of hydrogen-bond donors (Lipinski definition) is 2. The Kier molecular flexibility index (Phi) is 4.15. The van der Waals surface area contributed by atoms with E-state index in [-0.39, 0.29) is 11.3 Å². The summed E-state index contributed by atoms with van der Waals surface area (Å²) in [6.45, 7) is 4.01. The van der Waals surface area contributed by atoms with E-state index < -0.39 is 5.91 Å². The highest BCUT2D eigenvalue weighted by Crippen LogP contribution is 2.15. The average molecular weight is 268 g/mol. The van der Waals surface area contributed by atoms with Crippen molar-refractivity contribution >= 4 is 12.1 Å². The van der Waals surface area contributed by atoms with Gasteiger partial charge < -0.3 is 5.11 Å². The molecular weight excluding hydrogens is 252 g/mol. The van der Waals surface area contributed by atoms with E-state index in [2.05, 4.69) is 10.5 Å². The van der Waals surface area contributed by atoms with E-state index in [4.69, 9.17) is 0 Å². The molecule has 0 aromatic heterocycles. The highest BCUT2D eigenvalue weighted by atomic mass is 16.3. The zero-order chi connectivity index (χ0) is 14.5. The summed E-state index contributed by atoms with van der Waals surface area (Å²) in [5.41, 5.74) is 5.81. The van der Waals surface area contributed by atoms with E-state index in [9.17, 15) is 9.90 Å². The number of phenols is 1. The van der Waals surface area contributed by atoms with Crippen LogP contribution in [0.5, 0.6) is 5.75 Å². The van der Waals surface area contributed by atoms with Gasteiger partial charge in [-0.1, -0.05) is 35.9 Å². The summed E-state index contributed by atoms with van der Waals surface area (Å²) >= 11 is 0. The Labute approximate surface area is 117 Å². The van der Waals surface area contributed by atoms with Crippen LogP contribution in [-0.2, 0) is 0 Å². The lowest BCUT2D eigenvalue weighted by Gasteiger charge is -2.03. The van der Waals surface area contributed by atoms with E-state index in [1.165, 1.54) is 17.7 Å². The van der Waals surface area contributed by atoms with Gasteiger partial charge in [-0.2, -0.15) is 5.10 Å². The number of carbonyl (C=O) groups excluding carboxylic acids is 1. The second-order valence-corrected chi connectivity index (χ2v) is 4.58. The number of para-hydroxylation sites is 1. The van der Waals surface area contributed by atoms with Crippen molar-refractivity contribution < 1.29 is 9.90 Å². The maximum absolute atomic E-state index is 11.8. The standard InChI is InChI=1S/C16H16N2O2/c1-11-7-8-13(12(2)9-11)10-17-18-16(20)14-5-3-4-6-15(14)19/h3-10,19H,1-2H3,(H,18,20). The predicted octanol–water partition coefficient (Wildman–Crippen LogP) is 2.77. The average Bonchev–Trinajstić information content (AvgIpc) is 2.41. The number of nitrogens with zero attached hydrogens (tertiary/aromatic N) is 1. The first kappa shape index (κ1) is 13.8. The minimum atomic E-state index is -0.441. The summed E-state index contributed by atoms with van der Waals surface area (Å²) in [4.78, 5) is 11.8. The molecule has 20 heavy (non-hydrogen) atoms. The van der Waals surface area contributed by atoms with Gasteiger partial charge in [-0.25, -0.2) is 5.43 Å². The Morgan fingerprint density at radius 1 is 1.20 bits per heavy atom. The third-order valence-corrected chi connectivity index (χ3v) is 2.94. The Morgan fingerprint density at radius 3 is 2.65 bits per heavy atom. The minimum Gasteiger partial charge on any atom is -0.507 e. The van der Waals surface area contributed by atoms with Crippen molar-refractivity contribution in [2.24, 2.45) is 5.10 Å². The Hall–Kier alpha value is -2.62. The number of carbonyl (C=O) groups is 1. The van der Waals surface area contributed by atoms with Gasteiger partial charge in [0.2, 0.25) is 0 Å². The molecular formula is C16H16N2O2. The zero-order valence-corrected chi connectivity index (χ0v) is 11.4. The van der Waals surface area contributed by atoms with Crippen LogP contribution in [0.2, 0.25) is 0 Å². The van der Waals surface area contributed by atoms with Gasteiger partial charge in [-0.15, -0.1) is 0 Å². The van der Waals surface area contributed by atoms with Crippen LogP contribution in [0.4, 0.5) is 0 Å². The van der Waals surface area contributed by atoms with Gasteiger partial charge in [-0.3, -0.25) is 4.79 Å². The lowest BCUT2D eigenvalue weighted by Crippen LogP contribution is -2.17. The monoisotopic (exact) mass is 268 g/mol. The van der Waals surface area contributed by atoms with E-state index in [0.29, 0.717) is 0 Å². The third-order valence-electron chi connectivity index (χ3n) is 2.94. The smallest absolute Gasteiger partial charge is 0.275 e. The van der Waals surface area contributed by atoms with Crippen molar-refractivity contribution in [2.45, 2.75) is 13.8 Å². The van der Waals surface area contributed by atoms with Crippen LogP contribution in [0.1, 0.15) is 27.0 Å². The summed E-state index contributed by atoms with van der Waals surface area (Å²) in [5.74, 6) is -0.504. The molecule has 0 saturated heterocycles. The van der Waals surface area contributed by atoms with Crippen LogP contribution in [-0.4, -0.2) is 17.2 Å². The number of hydrazone groups is 1. The Bertz CT molecular complexity index is 663. The highest BCUT2D eigenvalue weighted by molar-refractivity contribution is 5.97. The second kappa shape index (κ2) is 6.02. The summed E-state index contributed by atoms with van der Waals surface area (Å²) in [7, 11) is 0. The first-order chi connectivity index (χ1) is 9.58. The number of hydrogen-bond acceptors (Lipinski definition) is 3. The van der Waals surface area contributed by atoms with Gasteiger partial charge in [-0.05, 0) is 37.1 Å². The quantitative estimate of drug-likeness (QED) is 0.664. The summed E-state index contributed by atoms with van der Waals surface area (Å²) in [5, 5.41) is 13.5. The van der Waals surface area contributed by atoms with Crippen molar-refractivity contribution in [3.8, 4) is 5.75 Å². The first-order valence-corrected chi connectivity index (χ1v) is 6.26. The highest BCUT2D eigenvalue weighted by Gasteiger charge is 2.08. The Balaban J connectivity index is 2.07. The molecule has 102 valence electrons. The molecule has 0 heterocycles. The summed E-state index contributed by atoms with van der Waals surface area (Å²) < 4.78 is 0. The van der Waals surface area contributed by atoms with Crippen molar-refractivity contribution in [1.82, 2.24) is 5.43 Å². The molecule has 0 unspecified atom stereocenters. The van der Waals surface area contributed by atoms with Crippen molar-refractivity contribution in [2.75, 3.05) is 0 Å². The minimum absolute atomic E-state index is 0.0632. The van der Waals surface area contributed by atoms with Crippen LogP contribution in [0.3, 0.4) is 0 Å². The molecule has 4 nitrogen and oxygen atoms in total. The molecule has 0 spiro atoms. The summed E-state index contributed by atoms with van der Waals surface area (Å²) in [6.07, 6.45) is 1.59. The second-order valence-electron chi connectivity index (χ2n) is 4.58. The number of benzene rings is 2. The maximum Gasteiger partial charge on any atom is 0.275 e. The fourth-order valence-corrected chi connectivity index (χ4v) is 1.86. The fraction of sp³-hybridized carbons (Fsp3) is 0.125. The molecule has 0 fully saturated rings. The van der Waals surface area contributed by atoms with E-state index in [0.717, 1.165) is 11.1 Å². The SMILES string of the molecule is Cc1ccc(C=NNC(=O)c2ccccc2O)c(C)c1. The number of phenolic OH excluding ortho intramolecular Hbond substituents is 1. The summed E-state index contributed by atoms with van der Waals surface area (Å²) in [6, 6.07) is 12.3. The first-order valence-electron chi connectivity index (χ1n) is 6.26. The van der Waals surface area contributed by atoms with Gasteiger partial charge in [0.05, 0.1) is 11.8 Å². The molecule has 0 bridgehead atoms. The number of aromatic hydroxyl groups is 1. The van der Waals surface area contributed by atoms with E-state index in [1.807, 2.05) is 32.0 Å². The number of rotatable bonds is 3. The maximum atomic E-state index is 11.8. The Morgan fingerprint density at radius 2 is 1.95 bits per heavy atom. The largest absolute Gasteiger partial charge is 0.507 e. The molecule has 4 heteroatoms. The molecule has 0 aliphatic rings. The van der Waals surface area contributed by atoms with Crippen molar-refractivity contribution in [1.29, 1.82) is 0 Å². The van der Waals surface area contributed by atoms with Crippen LogP contribution in [0.15, 0.2) is 47.6 Å². The molecule has 0 saturated carbocycles. The molecule has 0 radical (unpaired) electrons. The molecule has 1 amide bonds. The molecule has 2 N–H and O–H groups in total. The third kappa shape index (κ3) is 3.23. The van der Waals surface area contributed by atoms with Crippen LogP contribution >= 0.6 is 0 Å². The molecule has 2 aromatic rings. The van der Waals surface area contributed by atoms with Crippen LogP contribution in [0, 0.1) is 13.8 Å². The van der Waals surface area contributed by atoms with Crippen LogP contribution < -0.4 is 5.43 Å². The fourth-order valence-electron chi connectivity index (χ4n) is 1.86.